The predicted octanol–water partition coefficient (Wildman–Crippen LogP) is 2.66. The highest BCUT2D eigenvalue weighted by Gasteiger charge is 2.07. The fourth-order valence-corrected chi connectivity index (χ4v) is 3.17. The first-order chi connectivity index (χ1) is 6.99. The molecule has 0 aliphatic heterocycles. The summed E-state index contributed by atoms with van der Waals surface area (Å²) in [4.78, 5) is 5.08. The lowest BCUT2D eigenvalue weighted by Crippen LogP contribution is -2.10. The molecule has 4 heteroatoms. The van der Waals surface area contributed by atoms with E-state index in [1.54, 1.807) is 11.8 Å². The van der Waals surface area contributed by atoms with Gasteiger partial charge in [0, 0.05) is 27.4 Å². The van der Waals surface area contributed by atoms with Crippen LogP contribution in [0.3, 0.4) is 0 Å². The highest BCUT2D eigenvalue weighted by Crippen LogP contribution is 2.26. The maximum atomic E-state index is 5.73. The zero-order valence-electron chi connectivity index (χ0n) is 9.91. The Bertz CT molecular complexity index is 306. The Morgan fingerprint density at radius 3 is 2.73 bits per heavy atom. The van der Waals surface area contributed by atoms with Gasteiger partial charge >= 0.3 is 0 Å². The first-order valence-corrected chi connectivity index (χ1v) is 6.95. The van der Waals surface area contributed by atoms with Crippen LogP contribution in [0.15, 0.2) is 6.07 Å². The molecular weight excluding hydrogens is 224 g/mol. The number of thioether (sulfide) groups is 1. The zero-order chi connectivity index (χ0) is 11.4. The Kier molecular flexibility index (Phi) is 5.12. The molecule has 1 unspecified atom stereocenters. The van der Waals surface area contributed by atoms with Crippen LogP contribution >= 0.6 is 23.1 Å². The van der Waals surface area contributed by atoms with Crippen LogP contribution in [0.2, 0.25) is 0 Å². The number of aryl methyl sites for hydroxylation is 1. The number of thiophene rings is 1. The van der Waals surface area contributed by atoms with Gasteiger partial charge in [-0.3, -0.25) is 0 Å². The third kappa shape index (κ3) is 4.55. The third-order valence-electron chi connectivity index (χ3n) is 2.05. The second-order valence-corrected chi connectivity index (χ2v) is 6.75. The summed E-state index contributed by atoms with van der Waals surface area (Å²) in [5.74, 6) is 1.04. The summed E-state index contributed by atoms with van der Waals surface area (Å²) >= 11 is 3.70. The van der Waals surface area contributed by atoms with E-state index in [2.05, 4.69) is 32.0 Å². The standard InChI is InChI=1S/C11H20N2S2/c1-8-10(6-13(3)4)5-11(15-8)7-14-9(2)12/h5,9H,6-7,12H2,1-4H3. The lowest BCUT2D eigenvalue weighted by Gasteiger charge is -2.08. The highest BCUT2D eigenvalue weighted by atomic mass is 32.2. The molecule has 1 atom stereocenters. The van der Waals surface area contributed by atoms with Crippen molar-refractivity contribution in [1.29, 1.82) is 0 Å². The number of nitrogens with two attached hydrogens (primary N) is 1. The smallest absolute Gasteiger partial charge is 0.0482 e. The van der Waals surface area contributed by atoms with E-state index in [0.717, 1.165) is 12.3 Å². The van der Waals surface area contributed by atoms with Gasteiger partial charge in [-0.25, -0.2) is 0 Å². The van der Waals surface area contributed by atoms with E-state index < -0.39 is 0 Å². The van der Waals surface area contributed by atoms with Crippen molar-refractivity contribution < 1.29 is 0 Å². The molecule has 1 rings (SSSR count). The molecule has 0 fully saturated rings. The van der Waals surface area contributed by atoms with E-state index in [9.17, 15) is 0 Å². The van der Waals surface area contributed by atoms with E-state index in [-0.39, 0.29) is 5.37 Å². The second kappa shape index (κ2) is 5.89. The van der Waals surface area contributed by atoms with Crippen molar-refractivity contribution in [2.75, 3.05) is 14.1 Å². The Morgan fingerprint density at radius 2 is 2.20 bits per heavy atom. The quantitative estimate of drug-likeness (QED) is 0.808. The molecule has 86 valence electrons. The normalized spacial score (nSPS) is 13.5. The summed E-state index contributed by atoms with van der Waals surface area (Å²) in [6.07, 6.45) is 0. The Morgan fingerprint density at radius 1 is 1.53 bits per heavy atom. The number of rotatable bonds is 5. The Hall–Kier alpha value is -0.0300. The molecule has 2 N–H and O–H groups in total. The molecule has 0 spiro atoms. The van der Waals surface area contributed by atoms with E-state index in [0.29, 0.717) is 0 Å². The van der Waals surface area contributed by atoms with Crippen LogP contribution in [0, 0.1) is 6.92 Å². The fraction of sp³-hybridized carbons (Fsp3) is 0.636. The molecule has 0 saturated heterocycles. The average molecular weight is 244 g/mol. The number of nitrogens with zero attached hydrogens (tertiary/aromatic N) is 1. The minimum Gasteiger partial charge on any atom is -0.320 e. The van der Waals surface area contributed by atoms with Crippen molar-refractivity contribution >= 4 is 23.1 Å². The van der Waals surface area contributed by atoms with Gasteiger partial charge in [0.05, 0.1) is 0 Å². The van der Waals surface area contributed by atoms with Gasteiger partial charge in [0.2, 0.25) is 0 Å². The molecule has 0 aliphatic rings. The molecule has 0 amide bonds. The molecule has 0 aliphatic carbocycles. The minimum atomic E-state index is 0.227. The van der Waals surface area contributed by atoms with Crippen LogP contribution in [-0.4, -0.2) is 24.4 Å². The van der Waals surface area contributed by atoms with Gasteiger partial charge in [-0.05, 0) is 39.6 Å². The molecule has 2 nitrogen and oxygen atoms in total. The summed E-state index contributed by atoms with van der Waals surface area (Å²) < 4.78 is 0. The van der Waals surface area contributed by atoms with Gasteiger partial charge in [-0.15, -0.1) is 23.1 Å². The summed E-state index contributed by atoms with van der Waals surface area (Å²) in [6.45, 7) is 5.26. The van der Waals surface area contributed by atoms with Crippen LogP contribution in [0.5, 0.6) is 0 Å². The van der Waals surface area contributed by atoms with E-state index in [4.69, 9.17) is 5.73 Å². The molecule has 1 aromatic rings. The number of hydrogen-bond donors (Lipinski definition) is 1. The monoisotopic (exact) mass is 244 g/mol. The molecule has 1 aromatic heterocycles. The average Bonchev–Trinajstić information content (AvgIpc) is 2.43. The minimum absolute atomic E-state index is 0.227. The summed E-state index contributed by atoms with van der Waals surface area (Å²) in [5.41, 5.74) is 7.17. The van der Waals surface area contributed by atoms with Gasteiger partial charge in [-0.1, -0.05) is 0 Å². The molecule has 15 heavy (non-hydrogen) atoms. The summed E-state index contributed by atoms with van der Waals surface area (Å²) in [6, 6.07) is 2.31. The SMILES string of the molecule is Cc1sc(CSC(C)N)cc1CN(C)C. The van der Waals surface area contributed by atoms with E-state index in [1.807, 2.05) is 18.3 Å². The third-order valence-corrected chi connectivity index (χ3v) is 4.33. The maximum Gasteiger partial charge on any atom is 0.0482 e. The largest absolute Gasteiger partial charge is 0.320 e. The fourth-order valence-electron chi connectivity index (χ4n) is 1.37. The molecule has 0 bridgehead atoms. The molecular formula is C11H20N2S2. The van der Waals surface area contributed by atoms with Crippen LogP contribution < -0.4 is 5.73 Å². The molecule has 1 heterocycles. The van der Waals surface area contributed by atoms with Crippen molar-refractivity contribution in [3.8, 4) is 0 Å². The molecule has 0 saturated carbocycles. The van der Waals surface area contributed by atoms with Crippen LogP contribution in [0.4, 0.5) is 0 Å². The zero-order valence-corrected chi connectivity index (χ0v) is 11.5. The molecule has 0 aromatic carbocycles. The second-order valence-electron chi connectivity index (χ2n) is 4.05. The lowest BCUT2D eigenvalue weighted by atomic mass is 10.2. The first kappa shape index (κ1) is 13.0. The topological polar surface area (TPSA) is 29.3 Å². The summed E-state index contributed by atoms with van der Waals surface area (Å²) in [5, 5.41) is 0.227. The van der Waals surface area contributed by atoms with E-state index in [1.165, 1.54) is 15.3 Å². The van der Waals surface area contributed by atoms with Crippen LogP contribution in [0.25, 0.3) is 0 Å². The highest BCUT2D eigenvalue weighted by molar-refractivity contribution is 7.99. The van der Waals surface area contributed by atoms with Gasteiger partial charge in [0.1, 0.15) is 0 Å². The summed E-state index contributed by atoms with van der Waals surface area (Å²) in [7, 11) is 4.21. The first-order valence-electron chi connectivity index (χ1n) is 5.09. The maximum absolute atomic E-state index is 5.73. The van der Waals surface area contributed by atoms with Gasteiger partial charge in [-0.2, -0.15) is 0 Å². The predicted molar refractivity (Wildman–Crippen MR) is 71.4 cm³/mol. The van der Waals surface area contributed by atoms with E-state index >= 15 is 0 Å². The van der Waals surface area contributed by atoms with Crippen molar-refractivity contribution in [2.24, 2.45) is 5.73 Å². The molecule has 0 radical (unpaired) electrons. The van der Waals surface area contributed by atoms with Gasteiger partial charge in [0.25, 0.3) is 0 Å². The van der Waals surface area contributed by atoms with Crippen molar-refractivity contribution in [3.63, 3.8) is 0 Å². The Balaban J connectivity index is 2.60. The number of hydrogen-bond acceptors (Lipinski definition) is 4. The van der Waals surface area contributed by atoms with Crippen LogP contribution in [0.1, 0.15) is 22.2 Å². The lowest BCUT2D eigenvalue weighted by molar-refractivity contribution is 0.402. The van der Waals surface area contributed by atoms with Crippen molar-refractivity contribution in [2.45, 2.75) is 31.5 Å². The van der Waals surface area contributed by atoms with Gasteiger partial charge < -0.3 is 10.6 Å². The Labute approximate surface area is 101 Å². The van der Waals surface area contributed by atoms with Gasteiger partial charge in [0.15, 0.2) is 0 Å². The van der Waals surface area contributed by atoms with Crippen molar-refractivity contribution in [3.05, 3.63) is 21.4 Å². The van der Waals surface area contributed by atoms with Crippen LogP contribution in [-0.2, 0) is 12.3 Å². The van der Waals surface area contributed by atoms with Crippen molar-refractivity contribution in [1.82, 2.24) is 4.90 Å².